The second-order valence-electron chi connectivity index (χ2n) is 3.81. The van der Waals surface area contributed by atoms with Gasteiger partial charge in [-0.25, -0.2) is 4.98 Å². The standard InChI is InChI=1S/C10H8ClF3N2O/c11-9-7(5-1-8(17)15-3-5)2-6(4-16-9)10(12,13)14/h2,4-5H,1,3H2,(H,15,17). The molecule has 2 rings (SSSR count). The minimum atomic E-state index is -4.46. The van der Waals surface area contributed by atoms with Gasteiger partial charge in [-0.1, -0.05) is 11.6 Å². The Bertz CT molecular complexity index is 461. The van der Waals surface area contributed by atoms with Crippen molar-refractivity contribution >= 4 is 17.5 Å². The number of hydrogen-bond acceptors (Lipinski definition) is 2. The van der Waals surface area contributed by atoms with Gasteiger partial charge in [-0.3, -0.25) is 4.79 Å². The van der Waals surface area contributed by atoms with Crippen LogP contribution >= 0.6 is 11.6 Å². The Balaban J connectivity index is 2.36. The second kappa shape index (κ2) is 4.18. The monoisotopic (exact) mass is 264 g/mol. The van der Waals surface area contributed by atoms with Crippen LogP contribution in [-0.4, -0.2) is 17.4 Å². The first kappa shape index (κ1) is 12.2. The van der Waals surface area contributed by atoms with Gasteiger partial charge in [0.05, 0.1) is 5.56 Å². The topological polar surface area (TPSA) is 42.0 Å². The Morgan fingerprint density at radius 2 is 2.18 bits per heavy atom. The summed E-state index contributed by atoms with van der Waals surface area (Å²) < 4.78 is 37.5. The van der Waals surface area contributed by atoms with Gasteiger partial charge >= 0.3 is 6.18 Å². The summed E-state index contributed by atoms with van der Waals surface area (Å²) in [5.74, 6) is -0.534. The third kappa shape index (κ3) is 2.52. The Morgan fingerprint density at radius 3 is 2.71 bits per heavy atom. The van der Waals surface area contributed by atoms with Gasteiger partial charge in [-0.05, 0) is 11.6 Å². The molecule has 1 atom stereocenters. The Morgan fingerprint density at radius 1 is 1.47 bits per heavy atom. The van der Waals surface area contributed by atoms with Crippen LogP contribution in [0.15, 0.2) is 12.3 Å². The third-order valence-electron chi connectivity index (χ3n) is 2.61. The average molecular weight is 265 g/mol. The summed E-state index contributed by atoms with van der Waals surface area (Å²) in [5, 5.41) is 2.56. The van der Waals surface area contributed by atoms with Crippen LogP contribution in [0.25, 0.3) is 0 Å². The van der Waals surface area contributed by atoms with Gasteiger partial charge in [-0.2, -0.15) is 13.2 Å². The highest BCUT2D eigenvalue weighted by molar-refractivity contribution is 6.30. The van der Waals surface area contributed by atoms with E-state index in [4.69, 9.17) is 11.6 Å². The van der Waals surface area contributed by atoms with Crippen LogP contribution in [0.1, 0.15) is 23.5 Å². The van der Waals surface area contributed by atoms with Gasteiger partial charge in [0.1, 0.15) is 5.15 Å². The lowest BCUT2D eigenvalue weighted by Crippen LogP contribution is -2.14. The van der Waals surface area contributed by atoms with Gasteiger partial charge in [0.15, 0.2) is 0 Å². The van der Waals surface area contributed by atoms with Crippen molar-refractivity contribution in [3.8, 4) is 0 Å². The van der Waals surface area contributed by atoms with Crippen molar-refractivity contribution < 1.29 is 18.0 Å². The second-order valence-corrected chi connectivity index (χ2v) is 4.16. The largest absolute Gasteiger partial charge is 0.417 e. The van der Waals surface area contributed by atoms with Gasteiger partial charge < -0.3 is 5.32 Å². The van der Waals surface area contributed by atoms with E-state index < -0.39 is 11.7 Å². The lowest BCUT2D eigenvalue weighted by molar-refractivity contribution is -0.137. The van der Waals surface area contributed by atoms with Gasteiger partial charge in [-0.15, -0.1) is 0 Å². The quantitative estimate of drug-likeness (QED) is 0.791. The molecular weight excluding hydrogens is 257 g/mol. The van der Waals surface area contributed by atoms with Crippen molar-refractivity contribution in [3.63, 3.8) is 0 Å². The van der Waals surface area contributed by atoms with E-state index in [1.165, 1.54) is 0 Å². The fourth-order valence-corrected chi connectivity index (χ4v) is 1.99. The highest BCUT2D eigenvalue weighted by Crippen LogP contribution is 2.34. The number of aromatic nitrogens is 1. The van der Waals surface area contributed by atoms with Crippen molar-refractivity contribution in [1.82, 2.24) is 10.3 Å². The van der Waals surface area contributed by atoms with Crippen molar-refractivity contribution in [2.75, 3.05) is 6.54 Å². The molecule has 0 spiro atoms. The summed E-state index contributed by atoms with van der Waals surface area (Å²) in [7, 11) is 0. The summed E-state index contributed by atoms with van der Waals surface area (Å²) >= 11 is 5.76. The maximum atomic E-state index is 12.5. The minimum Gasteiger partial charge on any atom is -0.355 e. The van der Waals surface area contributed by atoms with E-state index in [2.05, 4.69) is 10.3 Å². The number of carbonyl (C=O) groups is 1. The highest BCUT2D eigenvalue weighted by atomic mass is 35.5. The van der Waals surface area contributed by atoms with Crippen molar-refractivity contribution in [2.24, 2.45) is 0 Å². The van der Waals surface area contributed by atoms with E-state index in [9.17, 15) is 18.0 Å². The normalized spacial score (nSPS) is 20.5. The molecule has 1 fully saturated rings. The first-order valence-electron chi connectivity index (χ1n) is 4.87. The van der Waals surface area contributed by atoms with E-state index in [0.29, 0.717) is 12.7 Å². The SMILES string of the molecule is O=C1CC(c2cc(C(F)(F)F)cnc2Cl)CN1. The van der Waals surface area contributed by atoms with Crippen LogP contribution in [-0.2, 0) is 11.0 Å². The zero-order chi connectivity index (χ0) is 12.6. The molecule has 1 saturated heterocycles. The number of rotatable bonds is 1. The lowest BCUT2D eigenvalue weighted by atomic mass is 9.98. The van der Waals surface area contributed by atoms with Crippen molar-refractivity contribution in [2.45, 2.75) is 18.5 Å². The number of pyridine rings is 1. The summed E-state index contributed by atoms with van der Waals surface area (Å²) in [4.78, 5) is 14.5. The molecular formula is C10H8ClF3N2O. The van der Waals surface area contributed by atoms with E-state index in [0.717, 1.165) is 6.07 Å². The Hall–Kier alpha value is -1.30. The van der Waals surface area contributed by atoms with Crippen LogP contribution < -0.4 is 5.32 Å². The molecule has 1 unspecified atom stereocenters. The fourth-order valence-electron chi connectivity index (χ4n) is 1.73. The van der Waals surface area contributed by atoms with Crippen molar-refractivity contribution in [1.29, 1.82) is 0 Å². The first-order chi connectivity index (χ1) is 7.88. The molecule has 1 N–H and O–H groups in total. The number of amides is 1. The zero-order valence-electron chi connectivity index (χ0n) is 8.51. The minimum absolute atomic E-state index is 0.0134. The molecule has 0 aliphatic carbocycles. The molecule has 0 bridgehead atoms. The fraction of sp³-hybridized carbons (Fsp3) is 0.400. The highest BCUT2D eigenvalue weighted by Gasteiger charge is 2.33. The van der Waals surface area contributed by atoms with Crippen LogP contribution in [0.3, 0.4) is 0 Å². The molecule has 7 heteroatoms. The van der Waals surface area contributed by atoms with Crippen molar-refractivity contribution in [3.05, 3.63) is 28.5 Å². The zero-order valence-corrected chi connectivity index (χ0v) is 9.27. The Kier molecular flexibility index (Phi) is 2.99. The molecule has 1 aliphatic heterocycles. The molecule has 17 heavy (non-hydrogen) atoms. The third-order valence-corrected chi connectivity index (χ3v) is 2.93. The van der Waals surface area contributed by atoms with E-state index in [1.54, 1.807) is 0 Å². The van der Waals surface area contributed by atoms with Crippen LogP contribution in [0.4, 0.5) is 13.2 Å². The number of nitrogens with one attached hydrogen (secondary N) is 1. The molecule has 0 radical (unpaired) electrons. The average Bonchev–Trinajstić information content (AvgIpc) is 2.63. The van der Waals surface area contributed by atoms with Gasteiger partial charge in [0.2, 0.25) is 5.91 Å². The molecule has 0 aromatic carbocycles. The van der Waals surface area contributed by atoms with Crippen LogP contribution in [0, 0.1) is 0 Å². The lowest BCUT2D eigenvalue weighted by Gasteiger charge is -2.13. The molecule has 2 heterocycles. The van der Waals surface area contributed by atoms with E-state index in [1.807, 2.05) is 0 Å². The number of halogens is 4. The molecule has 92 valence electrons. The summed E-state index contributed by atoms with van der Waals surface area (Å²) in [6.45, 7) is 0.293. The Labute approximate surface area is 100.0 Å². The molecule has 1 aromatic rings. The molecule has 0 saturated carbocycles. The predicted octanol–water partition coefficient (Wildman–Crippen LogP) is 2.36. The first-order valence-corrected chi connectivity index (χ1v) is 5.25. The summed E-state index contributed by atoms with van der Waals surface area (Å²) in [5.41, 5.74) is -0.587. The van der Waals surface area contributed by atoms with Crippen LogP contribution in [0.5, 0.6) is 0 Å². The van der Waals surface area contributed by atoms with E-state index in [-0.39, 0.29) is 29.0 Å². The number of hydrogen-bond donors (Lipinski definition) is 1. The van der Waals surface area contributed by atoms with E-state index >= 15 is 0 Å². The maximum Gasteiger partial charge on any atom is 0.417 e. The molecule has 1 aliphatic rings. The summed E-state index contributed by atoms with van der Waals surface area (Å²) in [6, 6.07) is 0.959. The molecule has 1 aromatic heterocycles. The maximum absolute atomic E-state index is 12.5. The number of carbonyl (C=O) groups excluding carboxylic acids is 1. The van der Waals surface area contributed by atoms with Crippen LogP contribution in [0.2, 0.25) is 5.15 Å². The molecule has 1 amide bonds. The smallest absolute Gasteiger partial charge is 0.355 e. The number of alkyl halides is 3. The van der Waals surface area contributed by atoms with Gasteiger partial charge in [0, 0.05) is 25.1 Å². The molecule has 3 nitrogen and oxygen atoms in total. The summed E-state index contributed by atoms with van der Waals surface area (Å²) in [6.07, 6.45) is -3.62. The number of nitrogens with zero attached hydrogens (tertiary/aromatic N) is 1. The predicted molar refractivity (Wildman–Crippen MR) is 54.6 cm³/mol. The van der Waals surface area contributed by atoms with Gasteiger partial charge in [0.25, 0.3) is 0 Å².